The van der Waals surface area contributed by atoms with Crippen LogP contribution in [0.3, 0.4) is 0 Å². The minimum Gasteiger partial charge on any atom is -0.357 e. The summed E-state index contributed by atoms with van der Waals surface area (Å²) in [7, 11) is 2.16. The summed E-state index contributed by atoms with van der Waals surface area (Å²) in [5.74, 6) is 0.989. The Morgan fingerprint density at radius 2 is 1.96 bits per heavy atom. The molecule has 0 aromatic rings. The van der Waals surface area contributed by atoms with Crippen molar-refractivity contribution in [3.63, 3.8) is 0 Å². The van der Waals surface area contributed by atoms with Gasteiger partial charge in [0.25, 0.3) is 0 Å². The van der Waals surface area contributed by atoms with Crippen LogP contribution < -0.4 is 10.6 Å². The number of guanidine groups is 1. The lowest BCUT2D eigenvalue weighted by atomic mass is 10.2. The molecule has 1 saturated heterocycles. The van der Waals surface area contributed by atoms with Gasteiger partial charge in [0.2, 0.25) is 0 Å². The van der Waals surface area contributed by atoms with Crippen LogP contribution in [-0.2, 0) is 0 Å². The first-order chi connectivity index (χ1) is 11.1. The molecule has 1 unspecified atom stereocenters. The predicted octanol–water partition coefficient (Wildman–Crippen LogP) is 2.52. The molecule has 24 heavy (non-hydrogen) atoms. The first-order valence-electron chi connectivity index (χ1n) is 9.59. The minimum atomic E-state index is 0. The zero-order valence-electron chi connectivity index (χ0n) is 16.1. The molecular weight excluding hydrogens is 413 g/mol. The van der Waals surface area contributed by atoms with Gasteiger partial charge in [0.15, 0.2) is 5.96 Å². The standard InChI is InChI=1S/C18H37N5.HI/c1-5-19-18(20-11-13-22(4)15(2)3)21-16-10-12-23(14-16)17-8-6-7-9-17;/h15-17H,5-14H2,1-4H3,(H2,19,20,21);1H. The third-order valence-corrected chi connectivity index (χ3v) is 5.35. The normalized spacial score (nSPS) is 23.1. The van der Waals surface area contributed by atoms with Crippen molar-refractivity contribution in [1.29, 1.82) is 0 Å². The van der Waals surface area contributed by atoms with E-state index in [9.17, 15) is 0 Å². The Morgan fingerprint density at radius 3 is 2.58 bits per heavy atom. The van der Waals surface area contributed by atoms with Crippen molar-refractivity contribution in [3.8, 4) is 0 Å². The molecule has 1 saturated carbocycles. The fourth-order valence-corrected chi connectivity index (χ4v) is 3.60. The van der Waals surface area contributed by atoms with Crippen LogP contribution in [0.4, 0.5) is 0 Å². The fourth-order valence-electron chi connectivity index (χ4n) is 3.60. The highest BCUT2D eigenvalue weighted by atomic mass is 127. The predicted molar refractivity (Wildman–Crippen MR) is 115 cm³/mol. The number of hydrogen-bond donors (Lipinski definition) is 2. The maximum absolute atomic E-state index is 4.76. The molecule has 2 fully saturated rings. The molecule has 0 bridgehead atoms. The SMILES string of the molecule is CCNC(=NCCN(C)C(C)C)NC1CCN(C2CCCC2)C1.I. The smallest absolute Gasteiger partial charge is 0.191 e. The van der Waals surface area contributed by atoms with E-state index >= 15 is 0 Å². The Hall–Kier alpha value is -0.0800. The van der Waals surface area contributed by atoms with Crippen LogP contribution in [0.1, 0.15) is 52.9 Å². The maximum Gasteiger partial charge on any atom is 0.191 e. The lowest BCUT2D eigenvalue weighted by molar-refractivity contribution is 0.242. The summed E-state index contributed by atoms with van der Waals surface area (Å²) >= 11 is 0. The van der Waals surface area contributed by atoms with Gasteiger partial charge in [-0.05, 0) is 47.1 Å². The van der Waals surface area contributed by atoms with Gasteiger partial charge in [0.05, 0.1) is 6.54 Å². The Morgan fingerprint density at radius 1 is 1.25 bits per heavy atom. The maximum atomic E-state index is 4.76. The number of rotatable bonds is 7. The van der Waals surface area contributed by atoms with Crippen LogP contribution in [0.5, 0.6) is 0 Å². The average molecular weight is 451 g/mol. The monoisotopic (exact) mass is 451 g/mol. The van der Waals surface area contributed by atoms with Gasteiger partial charge in [-0.1, -0.05) is 12.8 Å². The van der Waals surface area contributed by atoms with Crippen LogP contribution in [-0.4, -0.2) is 73.7 Å². The van der Waals surface area contributed by atoms with Gasteiger partial charge in [-0.2, -0.15) is 0 Å². The van der Waals surface area contributed by atoms with E-state index in [0.29, 0.717) is 12.1 Å². The molecule has 1 aliphatic carbocycles. The second-order valence-corrected chi connectivity index (χ2v) is 7.40. The Labute approximate surface area is 166 Å². The highest BCUT2D eigenvalue weighted by molar-refractivity contribution is 14.0. The molecule has 0 amide bonds. The quantitative estimate of drug-likeness (QED) is 0.355. The molecule has 0 aromatic heterocycles. The summed E-state index contributed by atoms with van der Waals surface area (Å²) in [6.07, 6.45) is 6.90. The van der Waals surface area contributed by atoms with E-state index in [1.807, 2.05) is 0 Å². The molecule has 1 heterocycles. The van der Waals surface area contributed by atoms with Crippen LogP contribution >= 0.6 is 24.0 Å². The summed E-state index contributed by atoms with van der Waals surface area (Å²) in [6, 6.07) is 1.98. The molecule has 2 aliphatic rings. The van der Waals surface area contributed by atoms with E-state index < -0.39 is 0 Å². The molecule has 0 radical (unpaired) electrons. The van der Waals surface area contributed by atoms with E-state index in [2.05, 4.69) is 48.3 Å². The Balaban J connectivity index is 0.00000288. The van der Waals surface area contributed by atoms with Crippen LogP contribution in [0.15, 0.2) is 4.99 Å². The third-order valence-electron chi connectivity index (χ3n) is 5.35. The van der Waals surface area contributed by atoms with Crippen molar-refractivity contribution in [1.82, 2.24) is 20.4 Å². The van der Waals surface area contributed by atoms with Gasteiger partial charge in [-0.15, -0.1) is 24.0 Å². The molecular formula is C18H38IN5. The number of halogens is 1. The van der Waals surface area contributed by atoms with E-state index in [1.165, 1.54) is 45.2 Å². The summed E-state index contributed by atoms with van der Waals surface area (Å²) in [5.41, 5.74) is 0. The van der Waals surface area contributed by atoms with E-state index in [-0.39, 0.29) is 24.0 Å². The molecule has 0 spiro atoms. The molecule has 5 nitrogen and oxygen atoms in total. The average Bonchev–Trinajstić information content (AvgIpc) is 3.17. The van der Waals surface area contributed by atoms with Crippen molar-refractivity contribution >= 4 is 29.9 Å². The minimum absolute atomic E-state index is 0. The number of likely N-dealkylation sites (N-methyl/N-ethyl adjacent to an activating group) is 1. The van der Waals surface area contributed by atoms with Crippen molar-refractivity contribution in [2.45, 2.75) is 71.0 Å². The fraction of sp³-hybridized carbons (Fsp3) is 0.944. The molecule has 1 atom stereocenters. The molecule has 142 valence electrons. The zero-order valence-corrected chi connectivity index (χ0v) is 18.4. The topological polar surface area (TPSA) is 42.9 Å². The van der Waals surface area contributed by atoms with Gasteiger partial charge in [0, 0.05) is 44.3 Å². The number of nitrogens with zero attached hydrogens (tertiary/aromatic N) is 3. The van der Waals surface area contributed by atoms with Gasteiger partial charge in [-0.3, -0.25) is 9.89 Å². The van der Waals surface area contributed by atoms with E-state index in [1.54, 1.807) is 0 Å². The van der Waals surface area contributed by atoms with Crippen molar-refractivity contribution in [2.24, 2.45) is 4.99 Å². The lowest BCUT2D eigenvalue weighted by Gasteiger charge is -2.24. The van der Waals surface area contributed by atoms with Crippen LogP contribution in [0, 0.1) is 0 Å². The molecule has 2 rings (SSSR count). The van der Waals surface area contributed by atoms with E-state index in [4.69, 9.17) is 4.99 Å². The first-order valence-corrected chi connectivity index (χ1v) is 9.59. The highest BCUT2D eigenvalue weighted by Gasteiger charge is 2.30. The number of hydrogen-bond acceptors (Lipinski definition) is 3. The molecule has 0 aromatic carbocycles. The molecule has 1 aliphatic heterocycles. The summed E-state index contributed by atoms with van der Waals surface area (Å²) in [4.78, 5) is 9.79. The van der Waals surface area contributed by atoms with Crippen molar-refractivity contribution in [2.75, 3.05) is 39.8 Å². The number of aliphatic imine (C=N–C) groups is 1. The van der Waals surface area contributed by atoms with Gasteiger partial charge in [0.1, 0.15) is 0 Å². The summed E-state index contributed by atoms with van der Waals surface area (Å²) in [6.45, 7) is 11.8. The second-order valence-electron chi connectivity index (χ2n) is 7.40. The number of nitrogens with one attached hydrogen (secondary N) is 2. The summed E-state index contributed by atoms with van der Waals surface area (Å²) < 4.78 is 0. The van der Waals surface area contributed by atoms with Crippen LogP contribution in [0.2, 0.25) is 0 Å². The van der Waals surface area contributed by atoms with Crippen molar-refractivity contribution < 1.29 is 0 Å². The Bertz CT molecular complexity index is 368. The second kappa shape index (κ2) is 11.5. The van der Waals surface area contributed by atoms with Crippen molar-refractivity contribution in [3.05, 3.63) is 0 Å². The zero-order chi connectivity index (χ0) is 16.7. The highest BCUT2D eigenvalue weighted by Crippen LogP contribution is 2.26. The largest absolute Gasteiger partial charge is 0.357 e. The van der Waals surface area contributed by atoms with Gasteiger partial charge >= 0.3 is 0 Å². The van der Waals surface area contributed by atoms with E-state index in [0.717, 1.165) is 31.6 Å². The third kappa shape index (κ3) is 7.04. The van der Waals surface area contributed by atoms with Gasteiger partial charge in [-0.25, -0.2) is 0 Å². The van der Waals surface area contributed by atoms with Crippen LogP contribution in [0.25, 0.3) is 0 Å². The molecule has 6 heteroatoms. The van der Waals surface area contributed by atoms with Gasteiger partial charge < -0.3 is 15.5 Å². The first kappa shape index (κ1) is 22.0. The lowest BCUT2D eigenvalue weighted by Crippen LogP contribution is -2.45. The number of likely N-dealkylation sites (tertiary alicyclic amines) is 1. The summed E-state index contributed by atoms with van der Waals surface area (Å²) in [5, 5.41) is 7.05. The molecule has 2 N–H and O–H groups in total. The Kier molecular flexibility index (Phi) is 10.5.